The van der Waals surface area contributed by atoms with Crippen LogP contribution >= 0.6 is 0 Å². The molecule has 0 saturated heterocycles. The fraction of sp³-hybridized carbons (Fsp3) is 0.778. The molecule has 0 radical (unpaired) electrons. The van der Waals surface area contributed by atoms with Gasteiger partial charge in [-0.2, -0.15) is 9.78 Å². The molecule has 0 atom stereocenters. The molecule has 0 saturated carbocycles. The van der Waals surface area contributed by atoms with Gasteiger partial charge in [0.1, 0.15) is 5.76 Å². The second-order valence-corrected chi connectivity index (χ2v) is 7.97. The maximum absolute atomic E-state index is 10.1. The van der Waals surface area contributed by atoms with Crippen molar-refractivity contribution < 1.29 is 24.7 Å². The molecule has 23 heavy (non-hydrogen) atoms. The lowest BCUT2D eigenvalue weighted by Crippen LogP contribution is -2.41. The van der Waals surface area contributed by atoms with E-state index in [9.17, 15) is 5.11 Å². The monoisotopic (exact) mass is 328 g/mol. The summed E-state index contributed by atoms with van der Waals surface area (Å²) >= 11 is 0. The largest absolute Gasteiger partial charge is 0.508 e. The number of rotatable bonds is 7. The summed E-state index contributed by atoms with van der Waals surface area (Å²) < 4.78 is 0. The Bertz CT molecular complexity index is 419. The number of hydrogen-bond acceptors (Lipinski definition) is 5. The molecule has 0 aromatic heterocycles. The Morgan fingerprint density at radius 2 is 1.57 bits per heavy atom. The van der Waals surface area contributed by atoms with Gasteiger partial charge in [0.15, 0.2) is 0 Å². The minimum Gasteiger partial charge on any atom is -0.508 e. The molecule has 0 aromatic carbocycles. The summed E-state index contributed by atoms with van der Waals surface area (Å²) in [6.07, 6.45) is 6.41. The van der Waals surface area contributed by atoms with Gasteiger partial charge in [0.05, 0.1) is 11.2 Å². The van der Waals surface area contributed by atoms with Crippen LogP contribution in [-0.2, 0) is 19.6 Å². The molecule has 1 rings (SSSR count). The Hall–Kier alpha value is -0.880. The fourth-order valence-corrected chi connectivity index (χ4v) is 1.90. The molecule has 0 aliphatic heterocycles. The van der Waals surface area contributed by atoms with E-state index in [1.54, 1.807) is 12.2 Å². The quantitative estimate of drug-likeness (QED) is 0.398. The highest BCUT2D eigenvalue weighted by molar-refractivity contribution is 5.28. The minimum atomic E-state index is -1.20. The lowest BCUT2D eigenvalue weighted by atomic mass is 9.94. The van der Waals surface area contributed by atoms with Crippen LogP contribution in [0.1, 0.15) is 74.1 Å². The first-order valence-electron chi connectivity index (χ1n) is 8.30. The number of hydrogen-bond donors (Lipinski definition) is 1. The van der Waals surface area contributed by atoms with E-state index in [1.807, 2.05) is 41.5 Å². The molecule has 1 N–H and O–H groups in total. The number of aliphatic hydroxyl groups is 1. The normalized spacial score (nSPS) is 18.6. The highest BCUT2D eigenvalue weighted by Gasteiger charge is 2.39. The van der Waals surface area contributed by atoms with Crippen molar-refractivity contribution in [1.29, 1.82) is 0 Å². The third-order valence-corrected chi connectivity index (χ3v) is 3.01. The highest BCUT2D eigenvalue weighted by atomic mass is 17.3. The highest BCUT2D eigenvalue weighted by Crippen LogP contribution is 2.35. The van der Waals surface area contributed by atoms with Crippen molar-refractivity contribution in [3.05, 3.63) is 23.5 Å². The summed E-state index contributed by atoms with van der Waals surface area (Å²) in [4.78, 5) is 22.1. The number of allylic oxidation sites excluding steroid dienone is 1. The standard InChI is InChI=1S/C18H32O5/c1-8-9-10-14-13-18(12-11-15(14)19,22-20-16(2,3)4)23-21-17(5,6)7/h11-12,19H,8-10,13H2,1-7H3. The van der Waals surface area contributed by atoms with Gasteiger partial charge >= 0.3 is 0 Å². The van der Waals surface area contributed by atoms with Crippen LogP contribution in [0.4, 0.5) is 0 Å². The number of aliphatic hydroxyl groups excluding tert-OH is 1. The molecule has 134 valence electrons. The van der Waals surface area contributed by atoms with Crippen LogP contribution in [0.3, 0.4) is 0 Å². The zero-order valence-electron chi connectivity index (χ0n) is 15.6. The summed E-state index contributed by atoms with van der Waals surface area (Å²) in [7, 11) is 0. The van der Waals surface area contributed by atoms with Crippen molar-refractivity contribution in [1.82, 2.24) is 0 Å². The molecular formula is C18H32O5. The molecule has 0 heterocycles. The Morgan fingerprint density at radius 3 is 2.00 bits per heavy atom. The topological polar surface area (TPSA) is 57.2 Å². The van der Waals surface area contributed by atoms with Crippen molar-refractivity contribution in [2.24, 2.45) is 0 Å². The maximum Gasteiger partial charge on any atom is 0.256 e. The van der Waals surface area contributed by atoms with Crippen LogP contribution in [0.5, 0.6) is 0 Å². The Balaban J connectivity index is 2.90. The molecule has 0 spiro atoms. The summed E-state index contributed by atoms with van der Waals surface area (Å²) in [5, 5.41) is 10.1. The first kappa shape index (κ1) is 20.2. The predicted molar refractivity (Wildman–Crippen MR) is 89.5 cm³/mol. The van der Waals surface area contributed by atoms with Gasteiger partial charge in [0.2, 0.25) is 0 Å². The van der Waals surface area contributed by atoms with E-state index in [2.05, 4.69) is 6.92 Å². The first-order chi connectivity index (χ1) is 10.5. The van der Waals surface area contributed by atoms with E-state index >= 15 is 0 Å². The van der Waals surface area contributed by atoms with Gasteiger partial charge < -0.3 is 5.11 Å². The van der Waals surface area contributed by atoms with Gasteiger partial charge in [-0.1, -0.05) is 13.3 Å². The van der Waals surface area contributed by atoms with Gasteiger partial charge in [0.25, 0.3) is 5.79 Å². The lowest BCUT2D eigenvalue weighted by Gasteiger charge is -2.35. The van der Waals surface area contributed by atoms with E-state index in [0.29, 0.717) is 6.42 Å². The molecule has 5 heteroatoms. The third-order valence-electron chi connectivity index (χ3n) is 3.01. The minimum absolute atomic E-state index is 0.271. The summed E-state index contributed by atoms with van der Waals surface area (Å²) in [5.41, 5.74) is -0.0957. The SMILES string of the molecule is CCCCC1=C(O)C=CC(OOC(C)(C)C)(OOC(C)(C)C)C1. The van der Waals surface area contributed by atoms with Crippen molar-refractivity contribution in [2.45, 2.75) is 91.1 Å². The maximum atomic E-state index is 10.1. The molecule has 5 nitrogen and oxygen atoms in total. The summed E-state index contributed by atoms with van der Waals surface area (Å²) in [5.74, 6) is -0.927. The zero-order valence-corrected chi connectivity index (χ0v) is 15.6. The first-order valence-corrected chi connectivity index (χ1v) is 8.30. The van der Waals surface area contributed by atoms with Crippen molar-refractivity contribution in [2.75, 3.05) is 0 Å². The average Bonchev–Trinajstić information content (AvgIpc) is 2.42. The van der Waals surface area contributed by atoms with Crippen molar-refractivity contribution >= 4 is 0 Å². The molecule has 1 aliphatic carbocycles. The molecule has 0 aromatic rings. The Kier molecular flexibility index (Phi) is 6.83. The Labute approximate surface area is 140 Å². The smallest absolute Gasteiger partial charge is 0.256 e. The van der Waals surface area contributed by atoms with Gasteiger partial charge in [-0.25, -0.2) is 9.78 Å². The van der Waals surface area contributed by atoms with Crippen molar-refractivity contribution in [3.63, 3.8) is 0 Å². The average molecular weight is 328 g/mol. The van der Waals surface area contributed by atoms with Gasteiger partial charge in [-0.05, 0) is 72.1 Å². The van der Waals surface area contributed by atoms with E-state index in [4.69, 9.17) is 19.6 Å². The molecule has 0 fully saturated rings. The molecule has 0 amide bonds. The van der Waals surface area contributed by atoms with Crippen LogP contribution in [0, 0.1) is 0 Å². The lowest BCUT2D eigenvalue weighted by molar-refractivity contribution is -0.526. The van der Waals surface area contributed by atoms with E-state index in [1.165, 1.54) is 0 Å². The van der Waals surface area contributed by atoms with E-state index < -0.39 is 17.0 Å². The predicted octanol–water partition coefficient (Wildman–Crippen LogP) is 5.14. The molecule has 0 unspecified atom stereocenters. The van der Waals surface area contributed by atoms with E-state index in [-0.39, 0.29) is 5.76 Å². The van der Waals surface area contributed by atoms with Gasteiger partial charge in [-0.15, -0.1) is 0 Å². The number of unbranched alkanes of at least 4 members (excludes halogenated alkanes) is 1. The van der Waals surface area contributed by atoms with Gasteiger partial charge in [0, 0.05) is 6.42 Å². The van der Waals surface area contributed by atoms with Crippen LogP contribution in [0.2, 0.25) is 0 Å². The molecule has 1 aliphatic rings. The van der Waals surface area contributed by atoms with Crippen LogP contribution in [0.15, 0.2) is 23.5 Å². The van der Waals surface area contributed by atoms with E-state index in [0.717, 1.165) is 24.8 Å². The molecule has 0 bridgehead atoms. The zero-order chi connectivity index (χ0) is 17.7. The third kappa shape index (κ3) is 7.48. The summed E-state index contributed by atoms with van der Waals surface area (Å²) in [6.45, 7) is 13.5. The molecular weight excluding hydrogens is 296 g/mol. The Morgan fingerprint density at radius 1 is 1.04 bits per heavy atom. The second-order valence-electron chi connectivity index (χ2n) is 7.97. The second kappa shape index (κ2) is 7.79. The van der Waals surface area contributed by atoms with Crippen LogP contribution in [0.25, 0.3) is 0 Å². The van der Waals surface area contributed by atoms with Gasteiger partial charge in [-0.3, -0.25) is 0 Å². The summed E-state index contributed by atoms with van der Waals surface area (Å²) in [6, 6.07) is 0. The fourth-order valence-electron chi connectivity index (χ4n) is 1.90. The van der Waals surface area contributed by atoms with Crippen LogP contribution < -0.4 is 0 Å². The van der Waals surface area contributed by atoms with Crippen molar-refractivity contribution in [3.8, 4) is 0 Å². The van der Waals surface area contributed by atoms with Crippen LogP contribution in [-0.4, -0.2) is 22.1 Å².